The first-order valence-electron chi connectivity index (χ1n) is 9.65. The Balaban J connectivity index is 1.69. The van der Waals surface area contributed by atoms with Gasteiger partial charge in [0.05, 0.1) is 11.3 Å². The number of H-pyrrole nitrogens is 1. The summed E-state index contributed by atoms with van der Waals surface area (Å²) in [6, 6.07) is 16.4. The predicted octanol–water partition coefficient (Wildman–Crippen LogP) is 4.03. The van der Waals surface area contributed by atoms with Gasteiger partial charge >= 0.3 is 0 Å². The molecule has 3 rings (SSSR count). The highest BCUT2D eigenvalue weighted by Crippen LogP contribution is 2.21. The number of carbonyl (C=O) groups is 3. The molecule has 1 heterocycles. The van der Waals surface area contributed by atoms with Gasteiger partial charge in [0, 0.05) is 17.8 Å². The number of rotatable bonds is 8. The van der Waals surface area contributed by atoms with Crippen LogP contribution in [0.3, 0.4) is 0 Å². The van der Waals surface area contributed by atoms with Crippen molar-refractivity contribution in [3.8, 4) is 5.75 Å². The molecule has 0 bridgehead atoms. The molecule has 154 valence electrons. The Kier molecular flexibility index (Phi) is 6.47. The van der Waals surface area contributed by atoms with Gasteiger partial charge in [0.2, 0.25) is 5.78 Å². The smallest absolute Gasteiger partial charge is 0.255 e. The maximum Gasteiger partial charge on any atom is 0.255 e. The second kappa shape index (κ2) is 9.22. The minimum Gasteiger partial charge on any atom is -0.485 e. The van der Waals surface area contributed by atoms with E-state index in [0.717, 1.165) is 5.56 Å². The van der Waals surface area contributed by atoms with Crippen molar-refractivity contribution in [2.24, 2.45) is 0 Å². The fraction of sp³-hybridized carbons (Fsp3) is 0.208. The molecule has 2 N–H and O–H groups in total. The molecule has 0 atom stereocenters. The molecule has 0 saturated carbocycles. The number of aromatic nitrogens is 1. The minimum atomic E-state index is -0.289. The first kappa shape index (κ1) is 21.0. The number of carbonyl (C=O) groups excluding carboxylic acids is 3. The molecule has 0 aliphatic heterocycles. The normalized spacial score (nSPS) is 10.5. The molecule has 0 aliphatic carbocycles. The van der Waals surface area contributed by atoms with Crippen LogP contribution in [0.4, 0.5) is 0 Å². The molecule has 0 saturated heterocycles. The van der Waals surface area contributed by atoms with Crippen LogP contribution < -0.4 is 10.1 Å². The SMILES string of the molecule is CC(=O)c1c(C)[nH]c(C(=O)COc2ccccc2C(=O)NCc2ccccc2)c1C. The first-order valence-corrected chi connectivity index (χ1v) is 9.65. The highest BCUT2D eigenvalue weighted by Gasteiger charge is 2.21. The highest BCUT2D eigenvalue weighted by atomic mass is 16.5. The Hall–Kier alpha value is -3.67. The zero-order chi connectivity index (χ0) is 21.7. The predicted molar refractivity (Wildman–Crippen MR) is 114 cm³/mol. The number of hydrogen-bond donors (Lipinski definition) is 2. The van der Waals surface area contributed by atoms with Crippen LogP contribution in [0, 0.1) is 13.8 Å². The van der Waals surface area contributed by atoms with Crippen molar-refractivity contribution in [3.05, 3.63) is 88.2 Å². The second-order valence-corrected chi connectivity index (χ2v) is 7.06. The van der Waals surface area contributed by atoms with Gasteiger partial charge in [0.25, 0.3) is 5.91 Å². The summed E-state index contributed by atoms with van der Waals surface area (Å²) >= 11 is 0. The Labute approximate surface area is 175 Å². The Morgan fingerprint density at radius 3 is 2.30 bits per heavy atom. The number of hydrogen-bond acceptors (Lipinski definition) is 4. The number of ketones is 2. The molecular weight excluding hydrogens is 380 g/mol. The minimum absolute atomic E-state index is 0.0957. The van der Waals surface area contributed by atoms with Crippen LogP contribution in [-0.4, -0.2) is 29.1 Å². The van der Waals surface area contributed by atoms with Gasteiger partial charge in [-0.15, -0.1) is 0 Å². The fourth-order valence-corrected chi connectivity index (χ4v) is 3.43. The van der Waals surface area contributed by atoms with E-state index < -0.39 is 0 Å². The largest absolute Gasteiger partial charge is 0.485 e. The average Bonchev–Trinajstić information content (AvgIpc) is 3.05. The van der Waals surface area contributed by atoms with Crippen LogP contribution in [0.2, 0.25) is 0 Å². The van der Waals surface area contributed by atoms with Crippen LogP contribution >= 0.6 is 0 Å². The van der Waals surface area contributed by atoms with Gasteiger partial charge in [-0.05, 0) is 44.0 Å². The molecule has 0 radical (unpaired) electrons. The maximum absolute atomic E-state index is 12.7. The molecule has 0 unspecified atom stereocenters. The van der Waals surface area contributed by atoms with Crippen LogP contribution in [0.5, 0.6) is 5.75 Å². The molecule has 0 fully saturated rings. The standard InChI is InChI=1S/C24H24N2O4/c1-15-22(17(3)27)16(2)26-23(15)20(28)14-30-21-12-8-7-11-19(21)24(29)25-13-18-9-5-4-6-10-18/h4-12,26H,13-14H2,1-3H3,(H,25,29). The van der Waals surface area contributed by atoms with E-state index in [2.05, 4.69) is 10.3 Å². The van der Waals surface area contributed by atoms with E-state index in [1.165, 1.54) is 6.92 Å². The van der Waals surface area contributed by atoms with Crippen molar-refractivity contribution in [3.63, 3.8) is 0 Å². The number of aromatic amines is 1. The molecule has 3 aromatic rings. The van der Waals surface area contributed by atoms with Crippen molar-refractivity contribution in [1.82, 2.24) is 10.3 Å². The lowest BCUT2D eigenvalue weighted by atomic mass is 10.1. The van der Waals surface area contributed by atoms with Gasteiger partial charge < -0.3 is 15.0 Å². The average molecular weight is 404 g/mol. The molecule has 1 amide bonds. The molecule has 6 heteroatoms. The van der Waals surface area contributed by atoms with E-state index in [1.54, 1.807) is 38.1 Å². The number of benzene rings is 2. The van der Waals surface area contributed by atoms with Gasteiger partial charge in [-0.25, -0.2) is 0 Å². The highest BCUT2D eigenvalue weighted by molar-refractivity contribution is 6.04. The lowest BCUT2D eigenvalue weighted by molar-refractivity contribution is 0.0899. The second-order valence-electron chi connectivity index (χ2n) is 7.06. The van der Waals surface area contributed by atoms with Gasteiger partial charge in [0.1, 0.15) is 5.75 Å². The van der Waals surface area contributed by atoms with Crippen molar-refractivity contribution >= 4 is 17.5 Å². The molecule has 1 aromatic heterocycles. The molecule has 6 nitrogen and oxygen atoms in total. The molecule has 0 spiro atoms. The van der Waals surface area contributed by atoms with Gasteiger partial charge in [-0.2, -0.15) is 0 Å². The molecule has 30 heavy (non-hydrogen) atoms. The Morgan fingerprint density at radius 2 is 1.63 bits per heavy atom. The third-order valence-electron chi connectivity index (χ3n) is 4.85. The quantitative estimate of drug-likeness (QED) is 0.555. The number of aryl methyl sites for hydroxylation is 1. The maximum atomic E-state index is 12.7. The Morgan fingerprint density at radius 1 is 0.967 bits per heavy atom. The van der Waals surface area contributed by atoms with Crippen molar-refractivity contribution in [2.75, 3.05) is 6.61 Å². The van der Waals surface area contributed by atoms with Crippen LogP contribution in [0.15, 0.2) is 54.6 Å². The summed E-state index contributed by atoms with van der Waals surface area (Å²) < 4.78 is 5.68. The summed E-state index contributed by atoms with van der Waals surface area (Å²) in [5.41, 5.74) is 3.48. The van der Waals surface area contributed by atoms with Crippen molar-refractivity contribution in [2.45, 2.75) is 27.3 Å². The fourth-order valence-electron chi connectivity index (χ4n) is 3.43. The lowest BCUT2D eigenvalue weighted by Crippen LogP contribution is -2.24. The van der Waals surface area contributed by atoms with E-state index in [1.807, 2.05) is 30.3 Å². The van der Waals surface area contributed by atoms with E-state index in [0.29, 0.717) is 40.4 Å². The van der Waals surface area contributed by atoms with E-state index in [-0.39, 0.29) is 24.1 Å². The first-order chi connectivity index (χ1) is 14.4. The number of para-hydroxylation sites is 1. The van der Waals surface area contributed by atoms with E-state index >= 15 is 0 Å². The number of Topliss-reactive ketones (excluding diaryl/α,β-unsaturated/α-hetero) is 2. The van der Waals surface area contributed by atoms with Crippen molar-refractivity contribution in [1.29, 1.82) is 0 Å². The van der Waals surface area contributed by atoms with Crippen LogP contribution in [-0.2, 0) is 6.54 Å². The van der Waals surface area contributed by atoms with E-state index in [9.17, 15) is 14.4 Å². The van der Waals surface area contributed by atoms with Gasteiger partial charge in [0.15, 0.2) is 12.4 Å². The summed E-state index contributed by atoms with van der Waals surface area (Å²) in [7, 11) is 0. The number of nitrogens with one attached hydrogen (secondary N) is 2. The van der Waals surface area contributed by atoms with Crippen LogP contribution in [0.25, 0.3) is 0 Å². The Bertz CT molecular complexity index is 1080. The van der Waals surface area contributed by atoms with E-state index in [4.69, 9.17) is 4.74 Å². The zero-order valence-electron chi connectivity index (χ0n) is 17.2. The zero-order valence-corrected chi connectivity index (χ0v) is 17.2. The summed E-state index contributed by atoms with van der Waals surface area (Å²) in [4.78, 5) is 40.0. The molecule has 2 aromatic carbocycles. The summed E-state index contributed by atoms with van der Waals surface area (Å²) in [6.07, 6.45) is 0. The number of ether oxygens (including phenoxy) is 1. The number of amides is 1. The third kappa shape index (κ3) is 4.66. The topological polar surface area (TPSA) is 88.3 Å². The lowest BCUT2D eigenvalue weighted by Gasteiger charge is -2.11. The molecule has 0 aliphatic rings. The van der Waals surface area contributed by atoms with Crippen LogP contribution in [0.1, 0.15) is 54.9 Å². The van der Waals surface area contributed by atoms with Gasteiger partial charge in [-0.3, -0.25) is 14.4 Å². The third-order valence-corrected chi connectivity index (χ3v) is 4.85. The monoisotopic (exact) mass is 404 g/mol. The summed E-state index contributed by atoms with van der Waals surface area (Å²) in [6.45, 7) is 5.10. The summed E-state index contributed by atoms with van der Waals surface area (Å²) in [5.74, 6) is -0.346. The van der Waals surface area contributed by atoms with Gasteiger partial charge in [-0.1, -0.05) is 42.5 Å². The van der Waals surface area contributed by atoms with Crippen molar-refractivity contribution < 1.29 is 19.1 Å². The molecular formula is C24H24N2O4. The summed E-state index contributed by atoms with van der Waals surface area (Å²) in [5, 5.41) is 2.86.